The van der Waals surface area contributed by atoms with E-state index in [0.29, 0.717) is 6.54 Å². The first-order valence-corrected chi connectivity index (χ1v) is 8.26. The minimum absolute atomic E-state index is 0. The highest BCUT2D eigenvalue weighted by Crippen LogP contribution is 2.13. The van der Waals surface area contributed by atoms with E-state index in [1.807, 2.05) is 0 Å². The van der Waals surface area contributed by atoms with Gasteiger partial charge in [0.25, 0.3) is 0 Å². The lowest BCUT2D eigenvalue weighted by Gasteiger charge is -2.13. The van der Waals surface area contributed by atoms with Gasteiger partial charge in [-0.25, -0.2) is 12.7 Å². The van der Waals surface area contributed by atoms with Gasteiger partial charge in [-0.15, -0.1) is 12.4 Å². The van der Waals surface area contributed by atoms with Gasteiger partial charge in [-0.1, -0.05) is 12.1 Å². The van der Waals surface area contributed by atoms with Crippen LogP contribution in [0.4, 0.5) is 0 Å². The number of nitrogens with two attached hydrogens (primary N) is 1. The molecule has 0 radical (unpaired) electrons. The van der Waals surface area contributed by atoms with Crippen molar-refractivity contribution < 1.29 is 17.9 Å². The predicted octanol–water partition coefficient (Wildman–Crippen LogP) is 0.339. The van der Waals surface area contributed by atoms with Crippen molar-refractivity contribution >= 4 is 28.3 Å². The fraction of sp³-hybridized carbons (Fsp3) is 0.500. The molecular formula is C14H24ClN3O4S. The molecular weight excluding hydrogens is 342 g/mol. The molecule has 1 rings (SSSR count). The standard InChI is InChI=1S/C14H23N3O4S.ClH/c1-17(2)22(19,20)13-6-4-11(5-7-13)10-16-14(18)8-12(9-15)21-3;/h4-7,12H,8-10,15H2,1-3H3,(H,16,18);1H. The highest BCUT2D eigenvalue weighted by molar-refractivity contribution is 7.89. The average Bonchev–Trinajstić information content (AvgIpc) is 2.50. The quantitative estimate of drug-likeness (QED) is 0.691. The van der Waals surface area contributed by atoms with Gasteiger partial charge in [0.2, 0.25) is 15.9 Å². The minimum atomic E-state index is -3.43. The van der Waals surface area contributed by atoms with Gasteiger partial charge in [0.15, 0.2) is 0 Å². The van der Waals surface area contributed by atoms with Crippen molar-refractivity contribution in [3.05, 3.63) is 29.8 Å². The van der Waals surface area contributed by atoms with Crippen LogP contribution in [0.3, 0.4) is 0 Å². The lowest BCUT2D eigenvalue weighted by atomic mass is 10.2. The Morgan fingerprint density at radius 3 is 2.30 bits per heavy atom. The molecule has 1 aromatic rings. The van der Waals surface area contributed by atoms with Crippen molar-refractivity contribution in [2.24, 2.45) is 5.73 Å². The number of amides is 1. The molecule has 3 N–H and O–H groups in total. The highest BCUT2D eigenvalue weighted by atomic mass is 35.5. The molecule has 0 spiro atoms. The molecule has 0 aromatic heterocycles. The lowest BCUT2D eigenvalue weighted by Crippen LogP contribution is -2.31. The van der Waals surface area contributed by atoms with E-state index in [4.69, 9.17) is 10.5 Å². The number of nitrogens with zero attached hydrogens (tertiary/aromatic N) is 1. The maximum absolute atomic E-state index is 11.9. The van der Waals surface area contributed by atoms with Crippen molar-refractivity contribution in [2.75, 3.05) is 27.7 Å². The monoisotopic (exact) mass is 365 g/mol. The van der Waals surface area contributed by atoms with Gasteiger partial charge in [-0.05, 0) is 17.7 Å². The number of benzene rings is 1. The van der Waals surface area contributed by atoms with Crippen LogP contribution in [0.1, 0.15) is 12.0 Å². The molecule has 23 heavy (non-hydrogen) atoms. The summed E-state index contributed by atoms with van der Waals surface area (Å²) in [5.41, 5.74) is 6.27. The summed E-state index contributed by atoms with van der Waals surface area (Å²) in [5.74, 6) is -0.165. The predicted molar refractivity (Wildman–Crippen MR) is 90.9 cm³/mol. The first kappa shape index (κ1) is 21.8. The number of rotatable bonds is 8. The summed E-state index contributed by atoms with van der Waals surface area (Å²) < 4.78 is 30.0. The van der Waals surface area contributed by atoms with Crippen LogP contribution in [0.2, 0.25) is 0 Å². The first-order chi connectivity index (χ1) is 10.3. The van der Waals surface area contributed by atoms with Gasteiger partial charge < -0.3 is 15.8 Å². The number of hydrogen-bond acceptors (Lipinski definition) is 5. The Labute approximate surface area is 143 Å². The van der Waals surface area contributed by atoms with E-state index >= 15 is 0 Å². The van der Waals surface area contributed by atoms with Crippen LogP contribution in [0, 0.1) is 0 Å². The summed E-state index contributed by atoms with van der Waals surface area (Å²) in [6, 6.07) is 6.39. The summed E-state index contributed by atoms with van der Waals surface area (Å²) in [6.07, 6.45) is -0.104. The summed E-state index contributed by atoms with van der Waals surface area (Å²) in [4.78, 5) is 11.9. The Hall–Kier alpha value is -1.19. The molecule has 1 unspecified atom stereocenters. The van der Waals surface area contributed by atoms with Crippen LogP contribution >= 0.6 is 12.4 Å². The molecule has 1 aromatic carbocycles. The van der Waals surface area contributed by atoms with Crippen molar-refractivity contribution in [2.45, 2.75) is 24.0 Å². The molecule has 1 amide bonds. The molecule has 0 bridgehead atoms. The Bertz CT molecular complexity index is 587. The summed E-state index contributed by atoms with van der Waals surface area (Å²) in [7, 11) is 1.04. The topological polar surface area (TPSA) is 102 Å². The van der Waals surface area contributed by atoms with Crippen LogP contribution in [-0.2, 0) is 26.1 Å². The van der Waals surface area contributed by atoms with E-state index in [0.717, 1.165) is 9.87 Å². The van der Waals surface area contributed by atoms with Crippen molar-refractivity contribution in [3.8, 4) is 0 Å². The smallest absolute Gasteiger partial charge is 0.242 e. The lowest BCUT2D eigenvalue weighted by molar-refractivity contribution is -0.123. The van der Waals surface area contributed by atoms with E-state index in [9.17, 15) is 13.2 Å². The van der Waals surface area contributed by atoms with E-state index in [-0.39, 0.29) is 42.3 Å². The second-order valence-electron chi connectivity index (χ2n) is 5.01. The van der Waals surface area contributed by atoms with E-state index < -0.39 is 10.0 Å². The molecule has 0 saturated heterocycles. The second-order valence-corrected chi connectivity index (χ2v) is 7.16. The minimum Gasteiger partial charge on any atom is -0.380 e. The third-order valence-corrected chi connectivity index (χ3v) is 5.03. The third-order valence-electron chi connectivity index (χ3n) is 3.20. The number of carbonyl (C=O) groups excluding carboxylic acids is 1. The van der Waals surface area contributed by atoms with Crippen LogP contribution in [0.5, 0.6) is 0 Å². The van der Waals surface area contributed by atoms with Gasteiger partial charge in [-0.3, -0.25) is 4.79 Å². The van der Waals surface area contributed by atoms with Crippen LogP contribution < -0.4 is 11.1 Å². The number of carbonyl (C=O) groups is 1. The second kappa shape index (κ2) is 9.84. The van der Waals surface area contributed by atoms with Gasteiger partial charge in [0.1, 0.15) is 0 Å². The Morgan fingerprint density at radius 1 is 1.30 bits per heavy atom. The molecule has 0 heterocycles. The summed E-state index contributed by atoms with van der Waals surface area (Å²) in [6.45, 7) is 0.600. The Morgan fingerprint density at radius 2 is 1.87 bits per heavy atom. The van der Waals surface area contributed by atoms with Gasteiger partial charge in [0.05, 0.1) is 17.4 Å². The summed E-state index contributed by atoms with van der Waals surface area (Å²) >= 11 is 0. The normalized spacial score (nSPS) is 12.6. The van der Waals surface area contributed by atoms with Crippen molar-refractivity contribution in [1.82, 2.24) is 9.62 Å². The van der Waals surface area contributed by atoms with E-state index in [1.54, 1.807) is 12.1 Å². The molecule has 0 aliphatic rings. The number of methoxy groups -OCH3 is 1. The Balaban J connectivity index is 0.00000484. The van der Waals surface area contributed by atoms with Crippen LogP contribution in [-0.4, -0.2) is 52.5 Å². The van der Waals surface area contributed by atoms with Crippen molar-refractivity contribution in [1.29, 1.82) is 0 Å². The van der Waals surface area contributed by atoms with E-state index in [1.165, 1.54) is 33.3 Å². The molecule has 0 fully saturated rings. The van der Waals surface area contributed by atoms with Crippen LogP contribution in [0.25, 0.3) is 0 Å². The number of nitrogens with one attached hydrogen (secondary N) is 1. The highest BCUT2D eigenvalue weighted by Gasteiger charge is 2.16. The SMILES string of the molecule is COC(CN)CC(=O)NCc1ccc(S(=O)(=O)N(C)C)cc1.Cl. The van der Waals surface area contributed by atoms with Gasteiger partial charge in [0, 0.05) is 34.3 Å². The maximum Gasteiger partial charge on any atom is 0.242 e. The molecule has 0 aliphatic heterocycles. The molecule has 1 atom stereocenters. The van der Waals surface area contributed by atoms with Gasteiger partial charge >= 0.3 is 0 Å². The zero-order valence-corrected chi connectivity index (χ0v) is 15.1. The van der Waals surface area contributed by atoms with Gasteiger partial charge in [-0.2, -0.15) is 0 Å². The first-order valence-electron chi connectivity index (χ1n) is 6.82. The zero-order chi connectivity index (χ0) is 16.8. The number of halogens is 1. The summed E-state index contributed by atoms with van der Waals surface area (Å²) in [5, 5.41) is 2.74. The Kier molecular flexibility index (Phi) is 9.33. The zero-order valence-electron chi connectivity index (χ0n) is 13.5. The number of sulfonamides is 1. The fourth-order valence-corrected chi connectivity index (χ4v) is 2.63. The molecule has 132 valence electrons. The molecule has 9 heteroatoms. The molecule has 0 aliphatic carbocycles. The van der Waals surface area contributed by atoms with E-state index in [2.05, 4.69) is 5.32 Å². The fourth-order valence-electron chi connectivity index (χ4n) is 1.73. The molecule has 0 saturated carbocycles. The average molecular weight is 366 g/mol. The van der Waals surface area contributed by atoms with Crippen LogP contribution in [0.15, 0.2) is 29.2 Å². The third kappa shape index (κ3) is 6.44. The number of ether oxygens (including phenoxy) is 1. The van der Waals surface area contributed by atoms with Crippen molar-refractivity contribution in [3.63, 3.8) is 0 Å². The maximum atomic E-state index is 11.9. The molecule has 7 nitrogen and oxygen atoms in total. The number of hydrogen-bond donors (Lipinski definition) is 2. The largest absolute Gasteiger partial charge is 0.380 e.